The minimum absolute atomic E-state index is 0.158. The Kier molecular flexibility index (Phi) is 3.72. The summed E-state index contributed by atoms with van der Waals surface area (Å²) in [5, 5.41) is 0. The lowest BCUT2D eigenvalue weighted by atomic mass is 9.78. The lowest BCUT2D eigenvalue weighted by Gasteiger charge is -2.28. The normalized spacial score (nSPS) is 26.3. The second kappa shape index (κ2) is 5.75. The van der Waals surface area contributed by atoms with Gasteiger partial charge in [0.05, 0.1) is 5.69 Å². The van der Waals surface area contributed by atoms with Gasteiger partial charge >= 0.3 is 0 Å². The third kappa shape index (κ3) is 2.49. The number of carbonyl (C=O) groups excluding carboxylic acids is 2. The molecule has 0 radical (unpaired) electrons. The Morgan fingerprint density at radius 2 is 1.78 bits per heavy atom. The first-order valence-electron chi connectivity index (χ1n) is 8.88. The van der Waals surface area contributed by atoms with Gasteiger partial charge in [0, 0.05) is 24.4 Å². The number of anilines is 1. The molecule has 4 nitrogen and oxygen atoms in total. The van der Waals surface area contributed by atoms with Crippen LogP contribution in [0.4, 0.5) is 5.69 Å². The number of hydrogen-bond acceptors (Lipinski definition) is 3. The van der Waals surface area contributed by atoms with Gasteiger partial charge in [0.15, 0.2) is 5.78 Å². The quantitative estimate of drug-likeness (QED) is 0.872. The first-order valence-corrected chi connectivity index (χ1v) is 8.88. The third-order valence-electron chi connectivity index (χ3n) is 5.89. The fraction of sp³-hybridized carbons (Fsp3) is 0.579. The van der Waals surface area contributed by atoms with Gasteiger partial charge in [0.1, 0.15) is 0 Å². The van der Waals surface area contributed by atoms with Crippen molar-refractivity contribution in [3.63, 3.8) is 0 Å². The van der Waals surface area contributed by atoms with Gasteiger partial charge in [-0.05, 0) is 74.2 Å². The second-order valence-corrected chi connectivity index (χ2v) is 7.26. The number of hydrogen-bond donors (Lipinski definition) is 1. The van der Waals surface area contributed by atoms with Crippen LogP contribution in [0.2, 0.25) is 0 Å². The summed E-state index contributed by atoms with van der Waals surface area (Å²) in [6, 6.07) is 4.11. The van der Waals surface area contributed by atoms with Gasteiger partial charge in [-0.3, -0.25) is 9.59 Å². The summed E-state index contributed by atoms with van der Waals surface area (Å²) >= 11 is 0. The van der Waals surface area contributed by atoms with Gasteiger partial charge in [0.25, 0.3) is 0 Å². The van der Waals surface area contributed by atoms with E-state index in [1.807, 2.05) is 4.90 Å². The van der Waals surface area contributed by atoms with Crippen LogP contribution in [0.15, 0.2) is 12.1 Å². The Morgan fingerprint density at radius 1 is 1.09 bits per heavy atom. The highest BCUT2D eigenvalue weighted by atomic mass is 16.2. The molecule has 23 heavy (non-hydrogen) atoms. The summed E-state index contributed by atoms with van der Waals surface area (Å²) in [6.45, 7) is 1.52. The van der Waals surface area contributed by atoms with Gasteiger partial charge in [-0.1, -0.05) is 0 Å². The van der Waals surface area contributed by atoms with Crippen molar-refractivity contribution in [1.29, 1.82) is 0 Å². The molecule has 2 aliphatic heterocycles. The van der Waals surface area contributed by atoms with Gasteiger partial charge in [-0.25, -0.2) is 0 Å². The number of carbonyl (C=O) groups is 2. The van der Waals surface area contributed by atoms with Crippen molar-refractivity contribution in [2.45, 2.75) is 44.9 Å². The number of rotatable bonds is 3. The molecule has 0 unspecified atom stereocenters. The molecule has 1 aromatic carbocycles. The van der Waals surface area contributed by atoms with Crippen LogP contribution >= 0.6 is 0 Å². The zero-order valence-electron chi connectivity index (χ0n) is 13.5. The summed E-state index contributed by atoms with van der Waals surface area (Å²) in [6.07, 6.45) is 6.33. The molecule has 1 fully saturated rings. The summed E-state index contributed by atoms with van der Waals surface area (Å²) in [4.78, 5) is 26.8. The van der Waals surface area contributed by atoms with E-state index < -0.39 is 0 Å². The number of Topliss-reactive ketones (excluding diaryl/α,β-unsaturated/α-hetero) is 1. The van der Waals surface area contributed by atoms with Gasteiger partial charge in [-0.2, -0.15) is 0 Å². The predicted octanol–water partition coefficient (Wildman–Crippen LogP) is 2.47. The first-order chi connectivity index (χ1) is 11.2. The molecular weight excluding hydrogens is 288 g/mol. The van der Waals surface area contributed by atoms with Crippen LogP contribution in [-0.2, 0) is 17.6 Å². The maximum atomic E-state index is 12.9. The average molecular weight is 312 g/mol. The maximum Gasteiger partial charge on any atom is 0.227 e. The van der Waals surface area contributed by atoms with E-state index in [-0.39, 0.29) is 11.8 Å². The van der Waals surface area contributed by atoms with E-state index in [1.54, 1.807) is 0 Å². The Hall–Kier alpha value is -1.68. The number of aryl methyl sites for hydroxylation is 1. The molecule has 3 aliphatic rings. The lowest BCUT2D eigenvalue weighted by molar-refractivity contribution is -0.118. The van der Waals surface area contributed by atoms with E-state index in [2.05, 4.69) is 12.1 Å². The van der Waals surface area contributed by atoms with Crippen LogP contribution in [0, 0.1) is 11.8 Å². The number of amides is 1. The Bertz CT molecular complexity index is 660. The highest BCUT2D eigenvalue weighted by Crippen LogP contribution is 2.39. The zero-order valence-corrected chi connectivity index (χ0v) is 13.5. The molecule has 1 saturated carbocycles. The number of benzene rings is 1. The second-order valence-electron chi connectivity index (χ2n) is 7.26. The maximum absolute atomic E-state index is 12.9. The molecule has 0 saturated heterocycles. The summed E-state index contributed by atoms with van der Waals surface area (Å²) < 4.78 is 0. The van der Waals surface area contributed by atoms with Crippen molar-refractivity contribution in [3.8, 4) is 0 Å². The fourth-order valence-corrected chi connectivity index (χ4v) is 4.50. The van der Waals surface area contributed by atoms with Crippen molar-refractivity contribution in [3.05, 3.63) is 28.8 Å². The molecule has 0 spiro atoms. The molecule has 2 heterocycles. The number of ketones is 1. The van der Waals surface area contributed by atoms with Gasteiger partial charge < -0.3 is 10.6 Å². The number of nitrogens with two attached hydrogens (primary N) is 1. The van der Waals surface area contributed by atoms with E-state index in [0.717, 1.165) is 62.9 Å². The van der Waals surface area contributed by atoms with E-state index in [9.17, 15) is 9.59 Å². The zero-order chi connectivity index (χ0) is 16.0. The third-order valence-corrected chi connectivity index (χ3v) is 5.89. The lowest BCUT2D eigenvalue weighted by Crippen LogP contribution is -2.33. The smallest absolute Gasteiger partial charge is 0.227 e. The minimum Gasteiger partial charge on any atom is -0.330 e. The van der Waals surface area contributed by atoms with E-state index in [0.29, 0.717) is 18.1 Å². The first kappa shape index (κ1) is 14.9. The van der Waals surface area contributed by atoms with E-state index in [4.69, 9.17) is 5.73 Å². The van der Waals surface area contributed by atoms with Crippen LogP contribution in [0.5, 0.6) is 0 Å². The van der Waals surface area contributed by atoms with Crippen molar-refractivity contribution >= 4 is 17.4 Å². The molecule has 1 aromatic rings. The molecule has 4 heteroatoms. The standard InChI is InChI=1S/C19H24N2O2/c20-11-12-1-3-13(4-2-12)19(23)16-9-14-5-6-17(22)21-8-7-15(10-16)18(14)21/h9-10,12-13H,1-8,11,20H2/t12-,13-. The fourth-order valence-electron chi connectivity index (χ4n) is 4.50. The summed E-state index contributed by atoms with van der Waals surface area (Å²) in [7, 11) is 0. The summed E-state index contributed by atoms with van der Waals surface area (Å²) in [5.41, 5.74) is 10.1. The molecule has 4 rings (SSSR count). The van der Waals surface area contributed by atoms with Crippen molar-refractivity contribution in [1.82, 2.24) is 0 Å². The molecule has 0 atom stereocenters. The molecule has 1 aliphatic carbocycles. The van der Waals surface area contributed by atoms with Crippen molar-refractivity contribution < 1.29 is 9.59 Å². The van der Waals surface area contributed by atoms with Gasteiger partial charge in [0.2, 0.25) is 5.91 Å². The van der Waals surface area contributed by atoms with Crippen LogP contribution < -0.4 is 10.6 Å². The topological polar surface area (TPSA) is 63.4 Å². The Labute approximate surface area is 137 Å². The molecule has 0 bridgehead atoms. The summed E-state index contributed by atoms with van der Waals surface area (Å²) in [5.74, 6) is 1.29. The van der Waals surface area contributed by atoms with E-state index >= 15 is 0 Å². The largest absolute Gasteiger partial charge is 0.330 e. The number of nitrogens with zero attached hydrogens (tertiary/aromatic N) is 1. The Balaban J connectivity index is 1.59. The molecule has 122 valence electrons. The van der Waals surface area contributed by atoms with E-state index in [1.165, 1.54) is 11.1 Å². The molecule has 2 N–H and O–H groups in total. The highest BCUT2D eigenvalue weighted by molar-refractivity contribution is 6.02. The van der Waals surface area contributed by atoms with Crippen molar-refractivity contribution in [2.75, 3.05) is 18.0 Å². The van der Waals surface area contributed by atoms with Crippen LogP contribution in [-0.4, -0.2) is 24.8 Å². The van der Waals surface area contributed by atoms with Crippen LogP contribution in [0.1, 0.15) is 53.6 Å². The highest BCUT2D eigenvalue weighted by Gasteiger charge is 2.33. The van der Waals surface area contributed by atoms with Crippen LogP contribution in [0.3, 0.4) is 0 Å². The molecular formula is C19H24N2O2. The SMILES string of the molecule is NC[C@H]1CC[C@H](C(=O)c2cc3c4c(c2)CCN4C(=O)CC3)CC1. The Morgan fingerprint density at radius 3 is 2.48 bits per heavy atom. The molecule has 1 amide bonds. The van der Waals surface area contributed by atoms with Crippen molar-refractivity contribution in [2.24, 2.45) is 17.6 Å². The van der Waals surface area contributed by atoms with Gasteiger partial charge in [-0.15, -0.1) is 0 Å². The molecule has 0 aromatic heterocycles. The predicted molar refractivity (Wildman–Crippen MR) is 89.7 cm³/mol. The monoisotopic (exact) mass is 312 g/mol. The minimum atomic E-state index is 0.158. The van der Waals surface area contributed by atoms with Crippen LogP contribution in [0.25, 0.3) is 0 Å². The average Bonchev–Trinajstić information content (AvgIpc) is 3.03.